The number of nitrogens with one attached hydrogen (secondary N) is 2. The Morgan fingerprint density at radius 3 is 2.56 bits per heavy atom. The van der Waals surface area contributed by atoms with Gasteiger partial charge in [0.25, 0.3) is 5.91 Å². The first-order valence-electron chi connectivity index (χ1n) is 8.21. The van der Waals surface area contributed by atoms with E-state index >= 15 is 0 Å². The van der Waals surface area contributed by atoms with Gasteiger partial charge in [-0.1, -0.05) is 30.3 Å². The van der Waals surface area contributed by atoms with Crippen molar-refractivity contribution in [2.45, 2.75) is 40.0 Å². The van der Waals surface area contributed by atoms with Crippen molar-refractivity contribution in [3.05, 3.63) is 46.8 Å². The molecule has 2 N–H and O–H groups in total. The molecule has 7 nitrogen and oxygen atoms in total. The molecule has 0 aliphatic heterocycles. The minimum Gasteiger partial charge on any atom is -0.483 e. The van der Waals surface area contributed by atoms with E-state index in [0.29, 0.717) is 17.9 Å². The highest BCUT2D eigenvalue weighted by molar-refractivity contribution is 5.82. The highest BCUT2D eigenvalue weighted by Crippen LogP contribution is 2.18. The van der Waals surface area contributed by atoms with Crippen LogP contribution in [0.15, 0.2) is 28.8 Å². The Bertz CT molecular complexity index is 720. The molecule has 1 aromatic carbocycles. The smallest absolute Gasteiger partial charge is 0.276 e. The van der Waals surface area contributed by atoms with Gasteiger partial charge < -0.3 is 9.26 Å². The number of para-hydroxylation sites is 1. The highest BCUT2D eigenvalue weighted by atomic mass is 16.5. The third-order valence-electron chi connectivity index (χ3n) is 3.84. The summed E-state index contributed by atoms with van der Waals surface area (Å²) in [5, 5.41) is 3.84. The van der Waals surface area contributed by atoms with Crippen molar-refractivity contribution in [3.8, 4) is 5.75 Å². The normalized spacial score (nSPS) is 10.4. The molecule has 7 heteroatoms. The number of aromatic nitrogens is 1. The van der Waals surface area contributed by atoms with Crippen molar-refractivity contribution in [1.82, 2.24) is 16.0 Å². The van der Waals surface area contributed by atoms with E-state index in [-0.39, 0.29) is 18.9 Å². The zero-order valence-electron chi connectivity index (χ0n) is 14.7. The van der Waals surface area contributed by atoms with Gasteiger partial charge in [0.2, 0.25) is 5.91 Å². The standard InChI is InChI=1S/C18H23N3O4/c1-4-14-7-5-6-8-16(14)24-11-18(23)20-19-17(22)10-9-15-12(2)21-25-13(15)3/h5-8H,4,9-11H2,1-3H3,(H,19,22)(H,20,23). The van der Waals surface area contributed by atoms with E-state index < -0.39 is 5.91 Å². The number of carbonyl (C=O) groups is 2. The van der Waals surface area contributed by atoms with Crippen LogP contribution in [0.5, 0.6) is 5.75 Å². The van der Waals surface area contributed by atoms with Crippen LogP contribution in [0.2, 0.25) is 0 Å². The fourth-order valence-corrected chi connectivity index (χ4v) is 2.42. The summed E-state index contributed by atoms with van der Waals surface area (Å²) >= 11 is 0. The van der Waals surface area contributed by atoms with Crippen LogP contribution in [-0.4, -0.2) is 23.6 Å². The maximum atomic E-state index is 11.8. The minimum absolute atomic E-state index is 0.166. The summed E-state index contributed by atoms with van der Waals surface area (Å²) in [6.45, 7) is 5.49. The zero-order chi connectivity index (χ0) is 18.2. The quantitative estimate of drug-likeness (QED) is 0.749. The van der Waals surface area contributed by atoms with Crippen molar-refractivity contribution in [1.29, 1.82) is 0 Å². The van der Waals surface area contributed by atoms with E-state index in [1.165, 1.54) is 0 Å². The van der Waals surface area contributed by atoms with Gasteiger partial charge in [0.05, 0.1) is 5.69 Å². The number of ether oxygens (including phenoxy) is 1. The molecular weight excluding hydrogens is 322 g/mol. The number of hydrogen-bond acceptors (Lipinski definition) is 5. The third-order valence-corrected chi connectivity index (χ3v) is 3.84. The average molecular weight is 345 g/mol. The van der Waals surface area contributed by atoms with E-state index in [9.17, 15) is 9.59 Å². The van der Waals surface area contributed by atoms with Gasteiger partial charge in [-0.3, -0.25) is 20.4 Å². The van der Waals surface area contributed by atoms with Crippen molar-refractivity contribution in [2.24, 2.45) is 0 Å². The third kappa shape index (κ3) is 5.34. The Morgan fingerprint density at radius 2 is 1.88 bits per heavy atom. The van der Waals surface area contributed by atoms with Crippen LogP contribution in [0.3, 0.4) is 0 Å². The Hall–Kier alpha value is -2.83. The largest absolute Gasteiger partial charge is 0.483 e. The number of hydrogen-bond donors (Lipinski definition) is 2. The Kier molecular flexibility index (Phi) is 6.56. The average Bonchev–Trinajstić information content (AvgIpc) is 2.94. The molecule has 134 valence electrons. The Morgan fingerprint density at radius 1 is 1.16 bits per heavy atom. The second-order valence-electron chi connectivity index (χ2n) is 5.65. The lowest BCUT2D eigenvalue weighted by atomic mass is 10.1. The number of carbonyl (C=O) groups excluding carboxylic acids is 2. The summed E-state index contributed by atoms with van der Waals surface area (Å²) in [6, 6.07) is 7.53. The van der Waals surface area contributed by atoms with E-state index in [1.807, 2.05) is 38.1 Å². The number of rotatable bonds is 7. The van der Waals surface area contributed by atoms with Gasteiger partial charge in [-0.2, -0.15) is 0 Å². The summed E-state index contributed by atoms with van der Waals surface area (Å²) in [7, 11) is 0. The monoisotopic (exact) mass is 345 g/mol. The van der Waals surface area contributed by atoms with E-state index in [1.54, 1.807) is 6.92 Å². The second kappa shape index (κ2) is 8.86. The van der Waals surface area contributed by atoms with E-state index in [2.05, 4.69) is 16.0 Å². The molecule has 0 spiro atoms. The molecule has 2 rings (SSSR count). The molecule has 0 aliphatic carbocycles. The minimum atomic E-state index is -0.420. The molecular formula is C18H23N3O4. The summed E-state index contributed by atoms with van der Waals surface area (Å²) in [4.78, 5) is 23.6. The van der Waals surface area contributed by atoms with Crippen molar-refractivity contribution in [3.63, 3.8) is 0 Å². The molecule has 0 saturated carbocycles. The molecule has 2 aromatic rings. The van der Waals surface area contributed by atoms with Gasteiger partial charge in [0.1, 0.15) is 11.5 Å². The Balaban J connectivity index is 1.71. The molecule has 0 aliphatic rings. The van der Waals surface area contributed by atoms with Crippen LogP contribution in [0.4, 0.5) is 0 Å². The molecule has 0 radical (unpaired) electrons. The van der Waals surface area contributed by atoms with Crippen LogP contribution in [-0.2, 0) is 22.4 Å². The lowest BCUT2D eigenvalue weighted by molar-refractivity contribution is -0.130. The van der Waals surface area contributed by atoms with Crippen LogP contribution >= 0.6 is 0 Å². The summed E-state index contributed by atoms with van der Waals surface area (Å²) < 4.78 is 10.5. The number of hydrazine groups is 1. The van der Waals surface area contributed by atoms with Crippen LogP contribution in [0.1, 0.15) is 35.9 Å². The molecule has 25 heavy (non-hydrogen) atoms. The van der Waals surface area contributed by atoms with Crippen LogP contribution in [0.25, 0.3) is 0 Å². The fourth-order valence-electron chi connectivity index (χ4n) is 2.42. The summed E-state index contributed by atoms with van der Waals surface area (Å²) in [6.07, 6.45) is 1.54. The molecule has 0 bridgehead atoms. The van der Waals surface area contributed by atoms with Crippen LogP contribution < -0.4 is 15.6 Å². The van der Waals surface area contributed by atoms with E-state index in [0.717, 1.165) is 23.2 Å². The fraction of sp³-hybridized carbons (Fsp3) is 0.389. The highest BCUT2D eigenvalue weighted by Gasteiger charge is 2.12. The molecule has 1 aromatic heterocycles. The van der Waals surface area contributed by atoms with Gasteiger partial charge in [-0.15, -0.1) is 0 Å². The molecule has 0 atom stereocenters. The SMILES string of the molecule is CCc1ccccc1OCC(=O)NNC(=O)CCc1c(C)noc1C. The van der Waals surface area contributed by atoms with Gasteiger partial charge in [0.15, 0.2) is 6.61 Å². The Labute approximate surface area is 146 Å². The van der Waals surface area contributed by atoms with Gasteiger partial charge in [-0.25, -0.2) is 0 Å². The number of nitrogens with zero attached hydrogens (tertiary/aromatic N) is 1. The molecule has 0 fully saturated rings. The molecule has 1 heterocycles. The lowest BCUT2D eigenvalue weighted by Crippen LogP contribution is -2.43. The molecule has 0 saturated heterocycles. The van der Waals surface area contributed by atoms with Crippen LogP contribution in [0, 0.1) is 13.8 Å². The van der Waals surface area contributed by atoms with E-state index in [4.69, 9.17) is 9.26 Å². The number of amides is 2. The van der Waals surface area contributed by atoms with Crippen molar-refractivity contribution >= 4 is 11.8 Å². The molecule has 2 amide bonds. The second-order valence-corrected chi connectivity index (χ2v) is 5.65. The number of benzene rings is 1. The topological polar surface area (TPSA) is 93.5 Å². The lowest BCUT2D eigenvalue weighted by Gasteiger charge is -2.11. The maximum absolute atomic E-state index is 11.8. The van der Waals surface area contributed by atoms with Crippen molar-refractivity contribution < 1.29 is 18.8 Å². The number of aryl methyl sites for hydroxylation is 3. The first kappa shape index (κ1) is 18.5. The molecule has 0 unspecified atom stereocenters. The predicted molar refractivity (Wildman–Crippen MR) is 91.9 cm³/mol. The van der Waals surface area contributed by atoms with Gasteiger partial charge >= 0.3 is 0 Å². The summed E-state index contributed by atoms with van der Waals surface area (Å²) in [5.41, 5.74) is 7.45. The maximum Gasteiger partial charge on any atom is 0.276 e. The van der Waals surface area contributed by atoms with Crippen molar-refractivity contribution in [2.75, 3.05) is 6.61 Å². The zero-order valence-corrected chi connectivity index (χ0v) is 14.7. The summed E-state index contributed by atoms with van der Waals surface area (Å²) in [5.74, 6) is 0.668. The predicted octanol–water partition coefficient (Wildman–Crippen LogP) is 2.01. The first-order valence-corrected chi connectivity index (χ1v) is 8.21. The van der Waals surface area contributed by atoms with Gasteiger partial charge in [-0.05, 0) is 38.3 Å². The first-order chi connectivity index (χ1) is 12.0. The van der Waals surface area contributed by atoms with Gasteiger partial charge in [0, 0.05) is 12.0 Å².